The van der Waals surface area contributed by atoms with Crippen LogP contribution in [0.25, 0.3) is 5.65 Å². The average molecular weight is 280 g/mol. The molecule has 108 valence electrons. The maximum atomic E-state index is 4.24. The molecule has 0 saturated carbocycles. The minimum absolute atomic E-state index is 0.871. The number of nitrogens with zero attached hydrogens (tertiary/aromatic N) is 3. The second-order valence-corrected chi connectivity index (χ2v) is 5.40. The first-order chi connectivity index (χ1) is 10.2. The van der Waals surface area contributed by atoms with Crippen LogP contribution in [0.5, 0.6) is 0 Å². The van der Waals surface area contributed by atoms with Crippen LogP contribution in [-0.4, -0.2) is 21.1 Å². The molecule has 3 aromatic rings. The van der Waals surface area contributed by atoms with Crippen molar-refractivity contribution >= 4 is 5.65 Å². The van der Waals surface area contributed by atoms with Gasteiger partial charge in [0.1, 0.15) is 5.82 Å². The standard InChI is InChI=1S/C17H20N4/c1-13-6-7-15(14(2)11-13)12-18-9-8-17-20-19-16-5-3-4-10-21(16)17/h3-7,10-11,18H,8-9,12H2,1-2H3. The average Bonchev–Trinajstić information content (AvgIpc) is 2.89. The van der Waals surface area contributed by atoms with Gasteiger partial charge in [0.05, 0.1) is 0 Å². The van der Waals surface area contributed by atoms with Gasteiger partial charge in [-0.05, 0) is 37.1 Å². The van der Waals surface area contributed by atoms with Gasteiger partial charge in [-0.25, -0.2) is 0 Å². The predicted molar refractivity (Wildman–Crippen MR) is 84.3 cm³/mol. The Kier molecular flexibility index (Phi) is 3.97. The van der Waals surface area contributed by atoms with Crippen molar-refractivity contribution < 1.29 is 0 Å². The Hall–Kier alpha value is -2.20. The lowest BCUT2D eigenvalue weighted by atomic mass is 10.1. The Balaban J connectivity index is 1.57. The Labute approximate surface area is 124 Å². The lowest BCUT2D eigenvalue weighted by Crippen LogP contribution is -2.18. The number of hydrogen-bond donors (Lipinski definition) is 1. The van der Waals surface area contributed by atoms with Crippen molar-refractivity contribution in [1.29, 1.82) is 0 Å². The molecule has 0 saturated heterocycles. The van der Waals surface area contributed by atoms with E-state index in [1.165, 1.54) is 16.7 Å². The van der Waals surface area contributed by atoms with Gasteiger partial charge in [-0.3, -0.25) is 4.40 Å². The number of aromatic nitrogens is 3. The maximum absolute atomic E-state index is 4.24. The molecule has 0 fully saturated rings. The van der Waals surface area contributed by atoms with Gasteiger partial charge in [0, 0.05) is 25.7 Å². The van der Waals surface area contributed by atoms with Gasteiger partial charge in [0.2, 0.25) is 0 Å². The normalized spacial score (nSPS) is 11.1. The fraction of sp³-hybridized carbons (Fsp3) is 0.294. The molecule has 1 aromatic carbocycles. The summed E-state index contributed by atoms with van der Waals surface area (Å²) in [5, 5.41) is 11.9. The molecule has 2 heterocycles. The number of fused-ring (bicyclic) bond motifs is 1. The van der Waals surface area contributed by atoms with E-state index in [1.54, 1.807) is 0 Å². The zero-order valence-corrected chi connectivity index (χ0v) is 12.5. The number of hydrogen-bond acceptors (Lipinski definition) is 3. The Bertz CT molecular complexity index is 745. The van der Waals surface area contributed by atoms with Gasteiger partial charge in [0.15, 0.2) is 5.65 Å². The zero-order valence-electron chi connectivity index (χ0n) is 12.5. The summed E-state index contributed by atoms with van der Waals surface area (Å²) in [6.07, 6.45) is 2.88. The quantitative estimate of drug-likeness (QED) is 0.731. The lowest BCUT2D eigenvalue weighted by Gasteiger charge is -2.08. The molecule has 0 aliphatic heterocycles. The summed E-state index contributed by atoms with van der Waals surface area (Å²) in [6.45, 7) is 6.07. The minimum atomic E-state index is 0.871. The zero-order chi connectivity index (χ0) is 14.7. The molecule has 4 nitrogen and oxygen atoms in total. The van der Waals surface area contributed by atoms with E-state index in [0.717, 1.165) is 31.0 Å². The Morgan fingerprint density at radius 1 is 1.10 bits per heavy atom. The van der Waals surface area contributed by atoms with E-state index in [4.69, 9.17) is 0 Å². The fourth-order valence-electron chi connectivity index (χ4n) is 2.53. The van der Waals surface area contributed by atoms with Crippen molar-refractivity contribution in [3.8, 4) is 0 Å². The van der Waals surface area contributed by atoms with E-state index >= 15 is 0 Å². The molecule has 2 aromatic heterocycles. The SMILES string of the molecule is Cc1ccc(CNCCc2nnc3ccccn23)c(C)c1. The molecule has 1 N–H and O–H groups in total. The first kappa shape index (κ1) is 13.8. The molecule has 0 unspecified atom stereocenters. The second-order valence-electron chi connectivity index (χ2n) is 5.40. The summed E-state index contributed by atoms with van der Waals surface area (Å²) < 4.78 is 2.04. The Morgan fingerprint density at radius 2 is 2.00 bits per heavy atom. The monoisotopic (exact) mass is 280 g/mol. The van der Waals surface area contributed by atoms with Gasteiger partial charge in [-0.2, -0.15) is 0 Å². The summed E-state index contributed by atoms with van der Waals surface area (Å²) >= 11 is 0. The summed E-state index contributed by atoms with van der Waals surface area (Å²) in [7, 11) is 0. The third kappa shape index (κ3) is 3.11. The van der Waals surface area contributed by atoms with Gasteiger partial charge in [0.25, 0.3) is 0 Å². The highest BCUT2D eigenvalue weighted by molar-refractivity contribution is 5.37. The van der Waals surface area contributed by atoms with E-state index in [2.05, 4.69) is 47.6 Å². The van der Waals surface area contributed by atoms with Gasteiger partial charge < -0.3 is 5.32 Å². The summed E-state index contributed by atoms with van der Waals surface area (Å²) in [6, 6.07) is 12.5. The molecule has 0 bridgehead atoms. The molecule has 0 radical (unpaired) electrons. The van der Waals surface area contributed by atoms with Gasteiger partial charge in [-0.1, -0.05) is 29.8 Å². The number of nitrogens with one attached hydrogen (secondary N) is 1. The maximum Gasteiger partial charge on any atom is 0.160 e. The van der Waals surface area contributed by atoms with Crippen LogP contribution in [-0.2, 0) is 13.0 Å². The van der Waals surface area contributed by atoms with Crippen molar-refractivity contribution in [1.82, 2.24) is 19.9 Å². The van der Waals surface area contributed by atoms with Crippen LogP contribution in [0.15, 0.2) is 42.6 Å². The number of benzene rings is 1. The number of rotatable bonds is 5. The molecule has 4 heteroatoms. The van der Waals surface area contributed by atoms with Crippen LogP contribution in [0.4, 0.5) is 0 Å². The van der Waals surface area contributed by atoms with Crippen LogP contribution >= 0.6 is 0 Å². The first-order valence-electron chi connectivity index (χ1n) is 7.29. The fourth-order valence-corrected chi connectivity index (χ4v) is 2.53. The molecule has 0 aliphatic carbocycles. The van der Waals surface area contributed by atoms with Crippen LogP contribution in [0, 0.1) is 13.8 Å². The van der Waals surface area contributed by atoms with Crippen molar-refractivity contribution in [2.75, 3.05) is 6.54 Å². The molecule has 21 heavy (non-hydrogen) atoms. The topological polar surface area (TPSA) is 42.2 Å². The molecule has 0 amide bonds. The van der Waals surface area contributed by atoms with Gasteiger partial charge >= 0.3 is 0 Å². The van der Waals surface area contributed by atoms with Gasteiger partial charge in [-0.15, -0.1) is 10.2 Å². The van der Waals surface area contributed by atoms with Crippen molar-refractivity contribution in [3.05, 3.63) is 65.1 Å². The molecule has 0 atom stereocenters. The molecule has 3 rings (SSSR count). The molecule has 0 spiro atoms. The third-order valence-electron chi connectivity index (χ3n) is 3.72. The van der Waals surface area contributed by atoms with E-state index in [0.29, 0.717) is 0 Å². The molecular weight excluding hydrogens is 260 g/mol. The highest BCUT2D eigenvalue weighted by Crippen LogP contribution is 2.10. The smallest absolute Gasteiger partial charge is 0.160 e. The summed E-state index contributed by atoms with van der Waals surface area (Å²) in [5.74, 6) is 0.999. The van der Waals surface area contributed by atoms with E-state index < -0.39 is 0 Å². The van der Waals surface area contributed by atoms with Crippen molar-refractivity contribution in [3.63, 3.8) is 0 Å². The second kappa shape index (κ2) is 6.06. The van der Waals surface area contributed by atoms with Crippen LogP contribution < -0.4 is 5.32 Å². The largest absolute Gasteiger partial charge is 0.312 e. The highest BCUT2D eigenvalue weighted by atomic mass is 15.2. The minimum Gasteiger partial charge on any atom is -0.312 e. The first-order valence-corrected chi connectivity index (χ1v) is 7.29. The van der Waals surface area contributed by atoms with Crippen LogP contribution in [0.1, 0.15) is 22.5 Å². The summed E-state index contributed by atoms with van der Waals surface area (Å²) in [5.41, 5.74) is 4.91. The van der Waals surface area contributed by atoms with Crippen LogP contribution in [0.2, 0.25) is 0 Å². The van der Waals surface area contributed by atoms with Crippen molar-refractivity contribution in [2.45, 2.75) is 26.8 Å². The predicted octanol–water partition coefficient (Wildman–Crippen LogP) is 2.68. The van der Waals surface area contributed by atoms with Crippen molar-refractivity contribution in [2.24, 2.45) is 0 Å². The number of aryl methyl sites for hydroxylation is 2. The highest BCUT2D eigenvalue weighted by Gasteiger charge is 2.04. The summed E-state index contributed by atoms with van der Waals surface area (Å²) in [4.78, 5) is 0. The van der Waals surface area contributed by atoms with E-state index in [1.807, 2.05) is 28.8 Å². The lowest BCUT2D eigenvalue weighted by molar-refractivity contribution is 0.665. The third-order valence-corrected chi connectivity index (χ3v) is 3.72. The molecule has 0 aliphatic rings. The number of pyridine rings is 1. The van der Waals surface area contributed by atoms with E-state index in [-0.39, 0.29) is 0 Å². The van der Waals surface area contributed by atoms with E-state index in [9.17, 15) is 0 Å². The molecular formula is C17H20N4. The van der Waals surface area contributed by atoms with Crippen LogP contribution in [0.3, 0.4) is 0 Å². The Morgan fingerprint density at radius 3 is 2.86 bits per heavy atom.